The van der Waals surface area contributed by atoms with Crippen molar-refractivity contribution >= 4 is 11.5 Å². The summed E-state index contributed by atoms with van der Waals surface area (Å²) >= 11 is 0. The van der Waals surface area contributed by atoms with Gasteiger partial charge in [0.05, 0.1) is 25.2 Å². The van der Waals surface area contributed by atoms with E-state index in [1.807, 2.05) is 18.2 Å². The molecule has 0 spiro atoms. The molecular formula is C17H19N3O4. The summed E-state index contributed by atoms with van der Waals surface area (Å²) in [6.45, 7) is 0.852. The quantitative estimate of drug-likeness (QED) is 0.618. The summed E-state index contributed by atoms with van der Waals surface area (Å²) in [5.41, 5.74) is 1.06. The van der Waals surface area contributed by atoms with Crippen LogP contribution in [0, 0.1) is 10.1 Å². The molecule has 0 bridgehead atoms. The van der Waals surface area contributed by atoms with Crippen molar-refractivity contribution in [2.24, 2.45) is 0 Å². The normalized spacial score (nSPS) is 16.9. The van der Waals surface area contributed by atoms with E-state index in [1.54, 1.807) is 20.3 Å². The van der Waals surface area contributed by atoms with Crippen molar-refractivity contribution in [1.29, 1.82) is 0 Å². The Labute approximate surface area is 140 Å². The highest BCUT2D eigenvalue weighted by Crippen LogP contribution is 2.40. The highest BCUT2D eigenvalue weighted by atomic mass is 16.6. The molecule has 1 aromatic carbocycles. The Hall–Kier alpha value is -2.83. The van der Waals surface area contributed by atoms with Gasteiger partial charge in [0.1, 0.15) is 23.5 Å². The number of hydrogen-bond acceptors (Lipinski definition) is 6. The zero-order valence-corrected chi connectivity index (χ0v) is 13.6. The Kier molecular flexibility index (Phi) is 4.50. The number of anilines is 1. The zero-order valence-electron chi connectivity index (χ0n) is 13.6. The summed E-state index contributed by atoms with van der Waals surface area (Å²) in [5, 5.41) is 10.8. The minimum atomic E-state index is -0.440. The molecule has 1 saturated heterocycles. The predicted molar refractivity (Wildman–Crippen MR) is 89.8 cm³/mol. The van der Waals surface area contributed by atoms with Gasteiger partial charge in [0.25, 0.3) is 5.69 Å². The summed E-state index contributed by atoms with van der Waals surface area (Å²) in [4.78, 5) is 16.8. The highest BCUT2D eigenvalue weighted by Gasteiger charge is 2.29. The molecule has 1 aliphatic rings. The second-order valence-corrected chi connectivity index (χ2v) is 5.59. The lowest BCUT2D eigenvalue weighted by Gasteiger charge is -2.27. The van der Waals surface area contributed by atoms with Gasteiger partial charge < -0.3 is 14.4 Å². The molecule has 2 aromatic rings. The van der Waals surface area contributed by atoms with Gasteiger partial charge in [-0.05, 0) is 31.0 Å². The van der Waals surface area contributed by atoms with Crippen LogP contribution in [0.3, 0.4) is 0 Å². The van der Waals surface area contributed by atoms with Crippen LogP contribution in [0.15, 0.2) is 36.5 Å². The molecule has 0 radical (unpaired) electrons. The molecule has 3 rings (SSSR count). The molecule has 0 N–H and O–H groups in total. The molecule has 0 aliphatic carbocycles. The van der Waals surface area contributed by atoms with Crippen LogP contribution >= 0.6 is 0 Å². The second-order valence-electron chi connectivity index (χ2n) is 5.59. The van der Waals surface area contributed by atoms with Gasteiger partial charge in [-0.1, -0.05) is 0 Å². The first-order valence-electron chi connectivity index (χ1n) is 7.73. The molecule has 1 aromatic heterocycles. The lowest BCUT2D eigenvalue weighted by molar-refractivity contribution is -0.385. The average molecular weight is 329 g/mol. The van der Waals surface area contributed by atoms with E-state index in [-0.39, 0.29) is 11.7 Å². The van der Waals surface area contributed by atoms with E-state index in [4.69, 9.17) is 9.47 Å². The SMILES string of the molecule is COc1ccc(C2CCCN2c2ccc([N+](=O)[O-])cn2)c(OC)c1. The Balaban J connectivity index is 1.92. The third-order valence-electron chi connectivity index (χ3n) is 4.29. The summed E-state index contributed by atoms with van der Waals surface area (Å²) < 4.78 is 10.8. The lowest BCUT2D eigenvalue weighted by atomic mass is 10.0. The van der Waals surface area contributed by atoms with Crippen LogP contribution in [-0.2, 0) is 0 Å². The van der Waals surface area contributed by atoms with Gasteiger partial charge in [-0.3, -0.25) is 10.1 Å². The fraction of sp³-hybridized carbons (Fsp3) is 0.353. The summed E-state index contributed by atoms with van der Waals surface area (Å²) in [6, 6.07) is 9.11. The molecule has 7 nitrogen and oxygen atoms in total. The standard InChI is InChI=1S/C17H19N3O4/c1-23-13-6-7-14(16(10-13)24-2)15-4-3-9-19(15)17-8-5-12(11-18-17)20(21)22/h5-8,10-11,15H,3-4,9H2,1-2H3. The molecule has 2 heterocycles. The molecule has 7 heteroatoms. The molecule has 1 aliphatic heterocycles. The maximum atomic E-state index is 10.8. The van der Waals surface area contributed by atoms with E-state index in [0.29, 0.717) is 0 Å². The molecule has 24 heavy (non-hydrogen) atoms. The minimum Gasteiger partial charge on any atom is -0.497 e. The van der Waals surface area contributed by atoms with Crippen LogP contribution in [-0.4, -0.2) is 30.7 Å². The molecular weight excluding hydrogens is 310 g/mol. The first-order valence-corrected chi connectivity index (χ1v) is 7.73. The second kappa shape index (κ2) is 6.74. The van der Waals surface area contributed by atoms with Crippen molar-refractivity contribution in [2.75, 3.05) is 25.7 Å². The van der Waals surface area contributed by atoms with E-state index in [9.17, 15) is 10.1 Å². The topological polar surface area (TPSA) is 77.7 Å². The van der Waals surface area contributed by atoms with Gasteiger partial charge in [-0.25, -0.2) is 4.98 Å². The predicted octanol–water partition coefficient (Wildman–Crippen LogP) is 3.35. The number of rotatable bonds is 5. The summed E-state index contributed by atoms with van der Waals surface area (Å²) in [6.07, 6.45) is 3.30. The first kappa shape index (κ1) is 16.0. The van der Waals surface area contributed by atoms with E-state index in [1.165, 1.54) is 12.3 Å². The molecule has 0 saturated carbocycles. The third kappa shape index (κ3) is 2.97. The van der Waals surface area contributed by atoms with Crippen molar-refractivity contribution in [3.63, 3.8) is 0 Å². The lowest BCUT2D eigenvalue weighted by Crippen LogP contribution is -2.23. The molecule has 0 amide bonds. The third-order valence-corrected chi connectivity index (χ3v) is 4.29. The van der Waals surface area contributed by atoms with Crippen molar-refractivity contribution in [2.45, 2.75) is 18.9 Å². The fourth-order valence-electron chi connectivity index (χ4n) is 3.11. The van der Waals surface area contributed by atoms with E-state index >= 15 is 0 Å². The minimum absolute atomic E-state index is 0.00322. The number of benzene rings is 1. The Morgan fingerprint density at radius 3 is 2.71 bits per heavy atom. The van der Waals surface area contributed by atoms with Crippen LogP contribution < -0.4 is 14.4 Å². The van der Waals surface area contributed by atoms with Crippen molar-refractivity contribution in [3.8, 4) is 11.5 Å². The van der Waals surface area contributed by atoms with Crippen LogP contribution in [0.25, 0.3) is 0 Å². The monoisotopic (exact) mass is 329 g/mol. The largest absolute Gasteiger partial charge is 0.497 e. The first-order chi connectivity index (χ1) is 11.6. The van der Waals surface area contributed by atoms with Crippen molar-refractivity contribution in [3.05, 3.63) is 52.2 Å². The molecule has 1 atom stereocenters. The zero-order chi connectivity index (χ0) is 17.1. The van der Waals surface area contributed by atoms with Crippen molar-refractivity contribution in [1.82, 2.24) is 4.98 Å². The number of pyridine rings is 1. The average Bonchev–Trinajstić information content (AvgIpc) is 3.10. The van der Waals surface area contributed by atoms with Gasteiger partial charge in [-0.15, -0.1) is 0 Å². The van der Waals surface area contributed by atoms with Crippen molar-refractivity contribution < 1.29 is 14.4 Å². The molecule has 1 unspecified atom stereocenters. The van der Waals surface area contributed by atoms with Gasteiger partial charge >= 0.3 is 0 Å². The number of nitrogens with zero attached hydrogens (tertiary/aromatic N) is 3. The maximum absolute atomic E-state index is 10.8. The van der Waals surface area contributed by atoms with E-state index in [2.05, 4.69) is 9.88 Å². The van der Waals surface area contributed by atoms with Crippen LogP contribution in [0.1, 0.15) is 24.4 Å². The number of methoxy groups -OCH3 is 2. The van der Waals surface area contributed by atoms with Crippen LogP contribution in [0.5, 0.6) is 11.5 Å². The van der Waals surface area contributed by atoms with Crippen LogP contribution in [0.2, 0.25) is 0 Å². The van der Waals surface area contributed by atoms with Gasteiger partial charge in [0, 0.05) is 24.2 Å². The van der Waals surface area contributed by atoms with Gasteiger partial charge in [-0.2, -0.15) is 0 Å². The maximum Gasteiger partial charge on any atom is 0.287 e. The van der Waals surface area contributed by atoms with E-state index in [0.717, 1.165) is 42.3 Å². The number of aromatic nitrogens is 1. The highest BCUT2D eigenvalue weighted by molar-refractivity contribution is 5.51. The fourth-order valence-corrected chi connectivity index (χ4v) is 3.11. The Bertz CT molecular complexity index is 733. The smallest absolute Gasteiger partial charge is 0.287 e. The Morgan fingerprint density at radius 1 is 1.25 bits per heavy atom. The number of ether oxygens (including phenoxy) is 2. The van der Waals surface area contributed by atoms with E-state index < -0.39 is 4.92 Å². The summed E-state index contributed by atoms with van der Waals surface area (Å²) in [5.74, 6) is 2.25. The van der Waals surface area contributed by atoms with Gasteiger partial charge in [0.2, 0.25) is 0 Å². The van der Waals surface area contributed by atoms with Gasteiger partial charge in [0.15, 0.2) is 0 Å². The number of nitro groups is 1. The van der Waals surface area contributed by atoms with Crippen LogP contribution in [0.4, 0.5) is 11.5 Å². The summed E-state index contributed by atoms with van der Waals surface area (Å²) in [7, 11) is 3.26. The molecule has 126 valence electrons. The molecule has 1 fully saturated rings. The Morgan fingerprint density at radius 2 is 2.08 bits per heavy atom. The number of hydrogen-bond donors (Lipinski definition) is 0.